The number of sulfonamides is 1. The third-order valence-electron chi connectivity index (χ3n) is 5.69. The average Bonchev–Trinajstić information content (AvgIpc) is 2.92. The second-order valence-corrected chi connectivity index (χ2v) is 10.1. The molecule has 0 aliphatic heterocycles. The molecule has 1 heterocycles. The molecule has 10 nitrogen and oxygen atoms in total. The second-order valence-electron chi connectivity index (χ2n) is 8.22. The number of fused-ring (bicyclic) bond motifs is 1. The van der Waals surface area contributed by atoms with E-state index in [4.69, 9.17) is 9.47 Å². The number of hydrogen-bond donors (Lipinski definition) is 2. The molecule has 196 valence electrons. The molecule has 0 aliphatic rings. The maximum absolute atomic E-state index is 13.3. The highest BCUT2D eigenvalue weighted by Crippen LogP contribution is 2.31. The molecule has 0 bridgehead atoms. The van der Waals surface area contributed by atoms with Crippen LogP contribution in [0.3, 0.4) is 0 Å². The van der Waals surface area contributed by atoms with Gasteiger partial charge in [0.25, 0.3) is 5.91 Å². The van der Waals surface area contributed by atoms with Crippen molar-refractivity contribution < 1.29 is 27.5 Å². The Labute approximate surface area is 220 Å². The van der Waals surface area contributed by atoms with Crippen molar-refractivity contribution in [3.63, 3.8) is 0 Å². The van der Waals surface area contributed by atoms with Crippen LogP contribution in [0.15, 0.2) is 79.0 Å². The molecule has 0 saturated carbocycles. The van der Waals surface area contributed by atoms with Gasteiger partial charge >= 0.3 is 5.97 Å². The van der Waals surface area contributed by atoms with Crippen molar-refractivity contribution in [3.8, 4) is 5.75 Å². The monoisotopic (exact) mass is 534 g/mol. The van der Waals surface area contributed by atoms with Gasteiger partial charge in [0, 0.05) is 29.9 Å². The number of hydrogen-bond acceptors (Lipinski definition) is 8. The van der Waals surface area contributed by atoms with E-state index in [0.717, 1.165) is 10.6 Å². The van der Waals surface area contributed by atoms with Crippen LogP contribution in [-0.4, -0.2) is 52.4 Å². The Bertz CT molecular complexity index is 1580. The third-order valence-corrected chi connectivity index (χ3v) is 6.81. The normalized spacial score (nSPS) is 11.0. The highest BCUT2D eigenvalue weighted by molar-refractivity contribution is 7.92. The SMILES string of the molecule is CNC(=O)c1ccc2ncc(C(=O)OCN(c3ccccc3)S(C)(=O)=O)c(Nc3ccc(OC)cc3)c2c1. The van der Waals surface area contributed by atoms with Crippen molar-refractivity contribution in [2.75, 3.05) is 36.8 Å². The summed E-state index contributed by atoms with van der Waals surface area (Å²) in [6, 6.07) is 20.3. The van der Waals surface area contributed by atoms with Crippen LogP contribution in [0, 0.1) is 0 Å². The van der Waals surface area contributed by atoms with E-state index >= 15 is 0 Å². The first-order valence-corrected chi connectivity index (χ1v) is 13.3. The van der Waals surface area contributed by atoms with Crippen LogP contribution in [0.4, 0.5) is 17.1 Å². The molecule has 1 aromatic heterocycles. The Morgan fingerprint density at radius 3 is 2.34 bits per heavy atom. The Kier molecular flexibility index (Phi) is 7.77. The van der Waals surface area contributed by atoms with Crippen LogP contribution >= 0.6 is 0 Å². The smallest absolute Gasteiger partial charge is 0.343 e. The predicted molar refractivity (Wildman–Crippen MR) is 145 cm³/mol. The van der Waals surface area contributed by atoms with E-state index < -0.39 is 22.7 Å². The lowest BCUT2D eigenvalue weighted by atomic mass is 10.1. The number of para-hydroxylation sites is 1. The molecule has 3 aromatic carbocycles. The molecule has 0 fully saturated rings. The molecule has 0 radical (unpaired) electrons. The van der Waals surface area contributed by atoms with Gasteiger partial charge in [0.05, 0.1) is 30.3 Å². The number of aromatic nitrogens is 1. The fourth-order valence-corrected chi connectivity index (χ4v) is 4.49. The van der Waals surface area contributed by atoms with E-state index in [1.54, 1.807) is 79.9 Å². The summed E-state index contributed by atoms with van der Waals surface area (Å²) < 4.78 is 36.5. The van der Waals surface area contributed by atoms with Crippen LogP contribution in [-0.2, 0) is 14.8 Å². The van der Waals surface area contributed by atoms with Crippen molar-refractivity contribution in [2.24, 2.45) is 0 Å². The van der Waals surface area contributed by atoms with Crippen LogP contribution in [0.2, 0.25) is 0 Å². The number of carbonyl (C=O) groups excluding carboxylic acids is 2. The zero-order valence-electron chi connectivity index (χ0n) is 21.0. The molecule has 0 saturated heterocycles. The Morgan fingerprint density at radius 1 is 1.00 bits per heavy atom. The first-order valence-electron chi connectivity index (χ1n) is 11.5. The summed E-state index contributed by atoms with van der Waals surface area (Å²) in [5.74, 6) is -0.453. The lowest BCUT2D eigenvalue weighted by Gasteiger charge is -2.22. The number of rotatable bonds is 9. The number of esters is 1. The van der Waals surface area contributed by atoms with Gasteiger partial charge in [-0.2, -0.15) is 0 Å². The highest BCUT2D eigenvalue weighted by Gasteiger charge is 2.23. The van der Waals surface area contributed by atoms with Gasteiger partial charge in [-0.15, -0.1) is 0 Å². The molecule has 11 heteroatoms. The molecule has 0 unspecified atom stereocenters. The summed E-state index contributed by atoms with van der Waals surface area (Å²) in [4.78, 5) is 30.0. The number of pyridine rings is 1. The minimum absolute atomic E-state index is 0.0592. The van der Waals surface area contributed by atoms with E-state index in [0.29, 0.717) is 39.3 Å². The Morgan fingerprint density at radius 2 is 1.71 bits per heavy atom. The lowest BCUT2D eigenvalue weighted by Crippen LogP contribution is -2.33. The summed E-state index contributed by atoms with van der Waals surface area (Å²) in [5.41, 5.74) is 2.31. The highest BCUT2D eigenvalue weighted by atomic mass is 32.2. The topological polar surface area (TPSA) is 127 Å². The Hall–Kier alpha value is -4.64. The summed E-state index contributed by atoms with van der Waals surface area (Å²) >= 11 is 0. The van der Waals surface area contributed by atoms with Crippen molar-refractivity contribution in [1.82, 2.24) is 10.3 Å². The summed E-state index contributed by atoms with van der Waals surface area (Å²) in [6.07, 6.45) is 2.38. The van der Waals surface area contributed by atoms with Crippen molar-refractivity contribution >= 4 is 49.9 Å². The largest absolute Gasteiger partial charge is 0.497 e. The number of nitrogens with one attached hydrogen (secondary N) is 2. The van der Waals surface area contributed by atoms with Gasteiger partial charge in [0.2, 0.25) is 10.0 Å². The number of benzene rings is 3. The van der Waals surface area contributed by atoms with Crippen molar-refractivity contribution in [1.29, 1.82) is 0 Å². The van der Waals surface area contributed by atoms with Crippen LogP contribution in [0.1, 0.15) is 20.7 Å². The number of anilines is 3. The van der Waals surface area contributed by atoms with Crippen LogP contribution in [0.5, 0.6) is 5.75 Å². The van der Waals surface area contributed by atoms with E-state index in [2.05, 4.69) is 15.6 Å². The molecule has 4 rings (SSSR count). The van der Waals surface area contributed by atoms with Crippen molar-refractivity contribution in [2.45, 2.75) is 0 Å². The molecule has 4 aromatic rings. The lowest BCUT2D eigenvalue weighted by molar-refractivity contribution is 0.0521. The molecule has 38 heavy (non-hydrogen) atoms. The number of nitrogens with zero attached hydrogens (tertiary/aromatic N) is 2. The van der Waals surface area contributed by atoms with E-state index in [-0.39, 0.29) is 11.5 Å². The molecule has 1 amide bonds. The minimum Gasteiger partial charge on any atom is -0.497 e. The Balaban J connectivity index is 1.74. The van der Waals surface area contributed by atoms with Crippen LogP contribution < -0.4 is 19.7 Å². The van der Waals surface area contributed by atoms with Gasteiger partial charge in [0.15, 0.2) is 6.73 Å². The molecule has 0 spiro atoms. The quantitative estimate of drug-likeness (QED) is 0.244. The number of amides is 1. The average molecular weight is 535 g/mol. The third kappa shape index (κ3) is 5.84. The van der Waals surface area contributed by atoms with E-state index in [1.165, 1.54) is 13.2 Å². The standard InChI is InChI=1S/C27H26N4O6S/c1-28-26(32)18-9-14-24-22(15-18)25(30-19-10-12-21(36-2)13-11-19)23(16-29-24)27(33)37-17-31(38(3,34)35)20-7-5-4-6-8-20/h4-16H,17H2,1-3H3,(H,28,32)(H,29,30). The zero-order chi connectivity index (χ0) is 27.3. The fourth-order valence-electron chi connectivity index (χ4n) is 3.74. The maximum Gasteiger partial charge on any atom is 0.343 e. The number of ether oxygens (including phenoxy) is 2. The molecular weight excluding hydrogens is 508 g/mol. The van der Waals surface area contributed by atoms with E-state index in [9.17, 15) is 18.0 Å². The summed E-state index contributed by atoms with van der Waals surface area (Å²) in [5, 5.41) is 6.30. The zero-order valence-corrected chi connectivity index (χ0v) is 21.8. The molecule has 0 atom stereocenters. The van der Waals surface area contributed by atoms with Gasteiger partial charge in [-0.1, -0.05) is 18.2 Å². The number of carbonyl (C=O) groups is 2. The molecule has 0 aliphatic carbocycles. The summed E-state index contributed by atoms with van der Waals surface area (Å²) in [6.45, 7) is -0.542. The molecular formula is C27H26N4O6S. The fraction of sp³-hybridized carbons (Fsp3) is 0.148. The van der Waals surface area contributed by atoms with Gasteiger partial charge < -0.3 is 20.1 Å². The predicted octanol–water partition coefficient (Wildman–Crippen LogP) is 3.93. The second kappa shape index (κ2) is 11.2. The van der Waals surface area contributed by atoms with Gasteiger partial charge in [0.1, 0.15) is 11.3 Å². The maximum atomic E-state index is 13.3. The van der Waals surface area contributed by atoms with Gasteiger partial charge in [-0.05, 0) is 54.6 Å². The van der Waals surface area contributed by atoms with Crippen molar-refractivity contribution in [3.05, 3.63) is 90.1 Å². The van der Waals surface area contributed by atoms with E-state index in [1.807, 2.05) is 0 Å². The van der Waals surface area contributed by atoms with Crippen LogP contribution in [0.25, 0.3) is 10.9 Å². The number of methoxy groups -OCH3 is 1. The van der Waals surface area contributed by atoms with Gasteiger partial charge in [-0.25, -0.2) is 17.5 Å². The minimum atomic E-state index is -3.75. The summed E-state index contributed by atoms with van der Waals surface area (Å²) in [7, 11) is -0.664. The molecule has 2 N–H and O–H groups in total. The van der Waals surface area contributed by atoms with Gasteiger partial charge in [-0.3, -0.25) is 9.78 Å². The first-order chi connectivity index (χ1) is 18.2. The first kappa shape index (κ1) is 26.4.